The van der Waals surface area contributed by atoms with E-state index in [9.17, 15) is 4.39 Å². The van der Waals surface area contributed by atoms with Gasteiger partial charge in [0.1, 0.15) is 17.6 Å². The number of furan rings is 1. The number of anilines is 1. The number of pyridine rings is 1. The Kier molecular flexibility index (Phi) is 3.46. The topological polar surface area (TPSA) is 38.1 Å². The highest BCUT2D eigenvalue weighted by atomic mass is 19.1. The number of nitrogens with one attached hydrogen (secondary N) is 1. The first-order valence-electron chi connectivity index (χ1n) is 6.30. The molecule has 0 aliphatic carbocycles. The van der Waals surface area contributed by atoms with Crippen molar-refractivity contribution in [3.05, 3.63) is 84.2 Å². The lowest BCUT2D eigenvalue weighted by Gasteiger charge is -2.17. The second-order valence-corrected chi connectivity index (χ2v) is 4.35. The van der Waals surface area contributed by atoms with E-state index in [0.717, 1.165) is 11.3 Å². The Labute approximate surface area is 116 Å². The van der Waals surface area contributed by atoms with Crippen molar-refractivity contribution in [1.29, 1.82) is 0 Å². The quantitative estimate of drug-likeness (QED) is 0.726. The maximum atomic E-state index is 13.2. The maximum Gasteiger partial charge on any atom is 0.214 e. The number of halogens is 1. The standard InChI is InChI=1S/C16H13FN2O/c17-14-9-4-10-15(18-14)19-16(13-8-5-11-20-13)12-6-2-1-3-7-12/h1-11,16H,(H,18,19). The molecule has 100 valence electrons. The minimum atomic E-state index is -0.513. The van der Waals surface area contributed by atoms with E-state index in [0.29, 0.717) is 5.82 Å². The molecule has 0 fully saturated rings. The minimum Gasteiger partial charge on any atom is -0.467 e. The Morgan fingerprint density at radius 1 is 0.950 bits per heavy atom. The molecule has 2 heterocycles. The van der Waals surface area contributed by atoms with Gasteiger partial charge in [-0.25, -0.2) is 4.98 Å². The average molecular weight is 268 g/mol. The van der Waals surface area contributed by atoms with Crippen molar-refractivity contribution in [3.8, 4) is 0 Å². The third kappa shape index (κ3) is 2.69. The Balaban J connectivity index is 1.95. The summed E-state index contributed by atoms with van der Waals surface area (Å²) in [5, 5.41) is 3.19. The van der Waals surface area contributed by atoms with Gasteiger partial charge in [-0.3, -0.25) is 0 Å². The molecule has 3 nitrogen and oxygen atoms in total. The van der Waals surface area contributed by atoms with Crippen LogP contribution >= 0.6 is 0 Å². The molecule has 4 heteroatoms. The van der Waals surface area contributed by atoms with Gasteiger partial charge in [0.2, 0.25) is 5.95 Å². The molecule has 0 saturated carbocycles. The van der Waals surface area contributed by atoms with E-state index in [4.69, 9.17) is 4.42 Å². The molecule has 1 atom stereocenters. The molecule has 1 N–H and O–H groups in total. The molecular weight excluding hydrogens is 255 g/mol. The van der Waals surface area contributed by atoms with Crippen molar-refractivity contribution in [1.82, 2.24) is 4.98 Å². The largest absolute Gasteiger partial charge is 0.467 e. The summed E-state index contributed by atoms with van der Waals surface area (Å²) in [6.07, 6.45) is 1.62. The van der Waals surface area contributed by atoms with Crippen molar-refractivity contribution in [2.45, 2.75) is 6.04 Å². The van der Waals surface area contributed by atoms with Crippen LogP contribution in [0.25, 0.3) is 0 Å². The van der Waals surface area contributed by atoms with Crippen LogP contribution in [0.2, 0.25) is 0 Å². The Bertz CT molecular complexity index is 668. The van der Waals surface area contributed by atoms with Crippen LogP contribution in [0.15, 0.2) is 71.3 Å². The fourth-order valence-electron chi connectivity index (χ4n) is 2.06. The summed E-state index contributed by atoms with van der Waals surface area (Å²) in [4.78, 5) is 3.83. The van der Waals surface area contributed by atoms with Crippen molar-refractivity contribution in [3.63, 3.8) is 0 Å². The van der Waals surface area contributed by atoms with Crippen molar-refractivity contribution < 1.29 is 8.81 Å². The van der Waals surface area contributed by atoms with E-state index >= 15 is 0 Å². The highest BCUT2D eigenvalue weighted by Crippen LogP contribution is 2.26. The van der Waals surface area contributed by atoms with Crippen LogP contribution in [0.3, 0.4) is 0 Å². The highest BCUT2D eigenvalue weighted by Gasteiger charge is 2.17. The lowest BCUT2D eigenvalue weighted by molar-refractivity contribution is 0.498. The van der Waals surface area contributed by atoms with E-state index < -0.39 is 5.95 Å². The Morgan fingerprint density at radius 3 is 2.50 bits per heavy atom. The van der Waals surface area contributed by atoms with E-state index in [1.54, 1.807) is 18.4 Å². The zero-order chi connectivity index (χ0) is 13.8. The van der Waals surface area contributed by atoms with E-state index in [-0.39, 0.29) is 6.04 Å². The van der Waals surface area contributed by atoms with Gasteiger partial charge in [-0.1, -0.05) is 36.4 Å². The first-order chi connectivity index (χ1) is 9.83. The summed E-state index contributed by atoms with van der Waals surface area (Å²) in [5.74, 6) is 0.707. The predicted molar refractivity (Wildman–Crippen MR) is 74.8 cm³/mol. The zero-order valence-corrected chi connectivity index (χ0v) is 10.7. The van der Waals surface area contributed by atoms with E-state index in [1.807, 2.05) is 42.5 Å². The minimum absolute atomic E-state index is 0.208. The smallest absolute Gasteiger partial charge is 0.214 e. The molecule has 0 radical (unpaired) electrons. The van der Waals surface area contributed by atoms with Gasteiger partial charge in [-0.05, 0) is 29.8 Å². The molecule has 0 aliphatic heterocycles. The van der Waals surface area contributed by atoms with Gasteiger partial charge >= 0.3 is 0 Å². The Hall–Kier alpha value is -2.62. The van der Waals surface area contributed by atoms with Gasteiger partial charge in [0.05, 0.1) is 6.26 Å². The third-order valence-corrected chi connectivity index (χ3v) is 2.97. The summed E-state index contributed by atoms with van der Waals surface area (Å²) in [5.41, 5.74) is 1.02. The SMILES string of the molecule is Fc1cccc(NC(c2ccccc2)c2ccco2)n1. The van der Waals surface area contributed by atoms with Crippen LogP contribution in [-0.4, -0.2) is 4.98 Å². The summed E-state index contributed by atoms with van der Waals surface area (Å²) in [7, 11) is 0. The third-order valence-electron chi connectivity index (χ3n) is 2.97. The molecule has 0 amide bonds. The number of aromatic nitrogens is 1. The van der Waals surface area contributed by atoms with Gasteiger partial charge in [0.25, 0.3) is 0 Å². The van der Waals surface area contributed by atoms with Crippen LogP contribution in [0, 0.1) is 5.95 Å². The van der Waals surface area contributed by atoms with Gasteiger partial charge < -0.3 is 9.73 Å². The number of hydrogen-bond donors (Lipinski definition) is 1. The van der Waals surface area contributed by atoms with Crippen molar-refractivity contribution >= 4 is 5.82 Å². The normalized spacial score (nSPS) is 12.1. The molecule has 0 saturated heterocycles. The van der Waals surface area contributed by atoms with Crippen molar-refractivity contribution in [2.24, 2.45) is 0 Å². The monoisotopic (exact) mass is 268 g/mol. The fourth-order valence-corrected chi connectivity index (χ4v) is 2.06. The molecule has 0 bridgehead atoms. The van der Waals surface area contributed by atoms with E-state index in [1.165, 1.54) is 6.07 Å². The fraction of sp³-hybridized carbons (Fsp3) is 0.0625. The molecule has 0 aliphatic rings. The molecule has 2 aromatic heterocycles. The molecule has 1 aromatic carbocycles. The average Bonchev–Trinajstić information content (AvgIpc) is 3.00. The van der Waals surface area contributed by atoms with Crippen LogP contribution in [0.5, 0.6) is 0 Å². The van der Waals surface area contributed by atoms with Gasteiger partial charge in [0.15, 0.2) is 0 Å². The molecule has 3 rings (SSSR count). The van der Waals surface area contributed by atoms with Crippen LogP contribution in [0.4, 0.5) is 10.2 Å². The van der Waals surface area contributed by atoms with Crippen LogP contribution < -0.4 is 5.32 Å². The summed E-state index contributed by atoms with van der Waals surface area (Å²) < 4.78 is 18.7. The number of benzene rings is 1. The molecule has 3 aromatic rings. The first-order valence-corrected chi connectivity index (χ1v) is 6.30. The zero-order valence-electron chi connectivity index (χ0n) is 10.7. The maximum absolute atomic E-state index is 13.2. The first kappa shape index (κ1) is 12.4. The molecule has 0 spiro atoms. The van der Waals surface area contributed by atoms with Gasteiger partial charge in [0, 0.05) is 0 Å². The number of hydrogen-bond acceptors (Lipinski definition) is 3. The number of rotatable bonds is 4. The van der Waals surface area contributed by atoms with E-state index in [2.05, 4.69) is 10.3 Å². The summed E-state index contributed by atoms with van der Waals surface area (Å²) in [6.45, 7) is 0. The van der Waals surface area contributed by atoms with Crippen molar-refractivity contribution in [2.75, 3.05) is 5.32 Å². The highest BCUT2D eigenvalue weighted by molar-refractivity contribution is 5.41. The van der Waals surface area contributed by atoms with Gasteiger partial charge in [-0.2, -0.15) is 4.39 Å². The van der Waals surface area contributed by atoms with Crippen LogP contribution in [-0.2, 0) is 0 Å². The second kappa shape index (κ2) is 5.57. The second-order valence-electron chi connectivity index (χ2n) is 4.35. The molecule has 1 unspecified atom stereocenters. The molecule has 20 heavy (non-hydrogen) atoms. The summed E-state index contributed by atoms with van der Waals surface area (Å²) >= 11 is 0. The van der Waals surface area contributed by atoms with Crippen LogP contribution in [0.1, 0.15) is 17.4 Å². The lowest BCUT2D eigenvalue weighted by atomic mass is 10.0. The lowest BCUT2D eigenvalue weighted by Crippen LogP contribution is -2.12. The molecular formula is C16H13FN2O. The predicted octanol–water partition coefficient (Wildman–Crippen LogP) is 4.02. The summed E-state index contributed by atoms with van der Waals surface area (Å²) in [6, 6.07) is 18.0. The number of nitrogens with zero attached hydrogens (tertiary/aromatic N) is 1. The Morgan fingerprint density at radius 2 is 1.80 bits per heavy atom. The van der Waals surface area contributed by atoms with Gasteiger partial charge in [-0.15, -0.1) is 0 Å².